The van der Waals surface area contributed by atoms with Crippen molar-refractivity contribution in [3.05, 3.63) is 29.8 Å². The van der Waals surface area contributed by atoms with E-state index in [1.807, 2.05) is 12.1 Å². The van der Waals surface area contributed by atoms with Gasteiger partial charge in [0.2, 0.25) is 0 Å². The smallest absolute Gasteiger partial charge is 0.119 e. The van der Waals surface area contributed by atoms with Crippen LogP contribution in [0.25, 0.3) is 0 Å². The molecule has 1 aliphatic carbocycles. The Hall–Kier alpha value is -1.06. The molecule has 0 heterocycles. The van der Waals surface area contributed by atoms with Gasteiger partial charge in [-0.05, 0) is 49.9 Å². The number of benzene rings is 1. The molecule has 2 atom stereocenters. The van der Waals surface area contributed by atoms with Crippen LogP contribution in [-0.4, -0.2) is 30.9 Å². The molecule has 3 heteroatoms. The summed E-state index contributed by atoms with van der Waals surface area (Å²) < 4.78 is 5.19. The maximum absolute atomic E-state index is 9.69. The predicted molar refractivity (Wildman–Crippen MR) is 68.3 cm³/mol. The first-order valence-corrected chi connectivity index (χ1v) is 6.34. The van der Waals surface area contributed by atoms with Crippen LogP contribution in [0.4, 0.5) is 0 Å². The minimum atomic E-state index is -0.152. The number of nitrogens with one attached hydrogen (secondary N) is 1. The van der Waals surface area contributed by atoms with Crippen LogP contribution >= 0.6 is 0 Å². The van der Waals surface area contributed by atoms with Gasteiger partial charge in [0, 0.05) is 6.04 Å². The summed E-state index contributed by atoms with van der Waals surface area (Å²) in [5, 5.41) is 13.1. The van der Waals surface area contributed by atoms with Crippen LogP contribution in [0.1, 0.15) is 24.8 Å². The molecule has 0 aromatic heterocycles. The molecular weight excluding hydrogens is 214 g/mol. The molecule has 1 fully saturated rings. The van der Waals surface area contributed by atoms with Gasteiger partial charge >= 0.3 is 0 Å². The van der Waals surface area contributed by atoms with Crippen LogP contribution in [0, 0.1) is 0 Å². The Labute approximate surface area is 103 Å². The standard InChI is InChI=1S/C14H21NO2/c1-17-12-5-2-4-11(10-12)8-9-15-13-6-3-7-14(13)16/h2,4-5,10,13-16H,3,6-9H2,1H3/t13-,14-/m0/s1. The average Bonchev–Trinajstić information content (AvgIpc) is 2.76. The number of hydrogen-bond acceptors (Lipinski definition) is 3. The summed E-state index contributed by atoms with van der Waals surface area (Å²) in [5.74, 6) is 0.906. The van der Waals surface area contributed by atoms with Gasteiger partial charge in [-0.3, -0.25) is 0 Å². The maximum atomic E-state index is 9.69. The van der Waals surface area contributed by atoms with Crippen LogP contribution < -0.4 is 10.1 Å². The predicted octanol–water partition coefficient (Wildman–Crippen LogP) is 1.74. The molecule has 0 bridgehead atoms. The van der Waals surface area contributed by atoms with Crippen molar-refractivity contribution in [2.45, 2.75) is 37.8 Å². The number of methoxy groups -OCH3 is 1. The molecule has 0 saturated heterocycles. The minimum absolute atomic E-state index is 0.152. The van der Waals surface area contributed by atoms with Gasteiger partial charge in [0.05, 0.1) is 13.2 Å². The number of aliphatic hydroxyl groups excluding tert-OH is 1. The van der Waals surface area contributed by atoms with Gasteiger partial charge in [-0.15, -0.1) is 0 Å². The largest absolute Gasteiger partial charge is 0.497 e. The molecule has 0 aliphatic heterocycles. The maximum Gasteiger partial charge on any atom is 0.119 e. The first-order chi connectivity index (χ1) is 8.29. The highest BCUT2D eigenvalue weighted by molar-refractivity contribution is 5.28. The lowest BCUT2D eigenvalue weighted by atomic mass is 10.1. The zero-order valence-corrected chi connectivity index (χ0v) is 10.4. The van der Waals surface area contributed by atoms with Crippen LogP contribution in [0.5, 0.6) is 5.75 Å². The van der Waals surface area contributed by atoms with E-state index in [1.165, 1.54) is 5.56 Å². The topological polar surface area (TPSA) is 41.5 Å². The normalized spacial score (nSPS) is 23.9. The first-order valence-electron chi connectivity index (χ1n) is 6.34. The van der Waals surface area contributed by atoms with Gasteiger partial charge in [0.15, 0.2) is 0 Å². The molecule has 1 saturated carbocycles. The van der Waals surface area contributed by atoms with E-state index in [4.69, 9.17) is 4.74 Å². The van der Waals surface area contributed by atoms with Crippen LogP contribution in [0.15, 0.2) is 24.3 Å². The van der Waals surface area contributed by atoms with Crippen molar-refractivity contribution >= 4 is 0 Å². The number of rotatable bonds is 5. The van der Waals surface area contributed by atoms with E-state index in [2.05, 4.69) is 17.4 Å². The van der Waals surface area contributed by atoms with Crippen LogP contribution in [-0.2, 0) is 6.42 Å². The summed E-state index contributed by atoms with van der Waals surface area (Å²) in [5.41, 5.74) is 1.27. The molecule has 94 valence electrons. The third-order valence-corrected chi connectivity index (χ3v) is 3.43. The van der Waals surface area contributed by atoms with Crippen molar-refractivity contribution in [1.29, 1.82) is 0 Å². The lowest BCUT2D eigenvalue weighted by Gasteiger charge is -2.16. The molecule has 0 spiro atoms. The van der Waals surface area contributed by atoms with Gasteiger partial charge in [-0.1, -0.05) is 12.1 Å². The summed E-state index contributed by atoms with van der Waals surface area (Å²) in [4.78, 5) is 0. The third kappa shape index (κ3) is 3.45. The molecule has 2 rings (SSSR count). The summed E-state index contributed by atoms with van der Waals surface area (Å²) in [6, 6.07) is 8.43. The lowest BCUT2D eigenvalue weighted by molar-refractivity contribution is 0.149. The van der Waals surface area contributed by atoms with Crippen LogP contribution in [0.2, 0.25) is 0 Å². The molecular formula is C14H21NO2. The van der Waals surface area contributed by atoms with E-state index in [9.17, 15) is 5.11 Å². The van der Waals surface area contributed by atoms with E-state index in [-0.39, 0.29) is 6.10 Å². The highest BCUT2D eigenvalue weighted by atomic mass is 16.5. The highest BCUT2D eigenvalue weighted by Gasteiger charge is 2.23. The molecule has 3 nitrogen and oxygen atoms in total. The number of aliphatic hydroxyl groups is 1. The monoisotopic (exact) mass is 235 g/mol. The molecule has 1 aromatic rings. The molecule has 1 aliphatic rings. The quantitative estimate of drug-likeness (QED) is 0.817. The Balaban J connectivity index is 1.77. The fraction of sp³-hybridized carbons (Fsp3) is 0.571. The Morgan fingerprint density at radius 3 is 3.00 bits per heavy atom. The fourth-order valence-electron chi connectivity index (χ4n) is 2.41. The van der Waals surface area contributed by atoms with Crippen molar-refractivity contribution in [3.8, 4) is 5.75 Å². The zero-order valence-electron chi connectivity index (χ0n) is 10.4. The van der Waals surface area contributed by atoms with Crippen molar-refractivity contribution in [3.63, 3.8) is 0 Å². The highest BCUT2D eigenvalue weighted by Crippen LogP contribution is 2.19. The van der Waals surface area contributed by atoms with E-state index in [0.717, 1.165) is 38.0 Å². The zero-order chi connectivity index (χ0) is 12.1. The third-order valence-electron chi connectivity index (χ3n) is 3.43. The van der Waals surface area contributed by atoms with Crippen molar-refractivity contribution in [2.24, 2.45) is 0 Å². The summed E-state index contributed by atoms with van der Waals surface area (Å²) in [7, 11) is 1.69. The Morgan fingerprint density at radius 1 is 1.41 bits per heavy atom. The Morgan fingerprint density at radius 2 is 2.29 bits per heavy atom. The van der Waals surface area contributed by atoms with E-state index in [1.54, 1.807) is 7.11 Å². The molecule has 17 heavy (non-hydrogen) atoms. The van der Waals surface area contributed by atoms with Crippen molar-refractivity contribution in [2.75, 3.05) is 13.7 Å². The molecule has 0 amide bonds. The Bertz CT molecular complexity index is 354. The van der Waals surface area contributed by atoms with E-state index in [0.29, 0.717) is 6.04 Å². The van der Waals surface area contributed by atoms with Gasteiger partial charge in [-0.2, -0.15) is 0 Å². The summed E-state index contributed by atoms with van der Waals surface area (Å²) in [6.07, 6.45) is 3.99. The second kappa shape index (κ2) is 6.03. The van der Waals surface area contributed by atoms with Crippen molar-refractivity contribution < 1.29 is 9.84 Å². The van der Waals surface area contributed by atoms with Gasteiger partial charge in [0.25, 0.3) is 0 Å². The fourth-order valence-corrected chi connectivity index (χ4v) is 2.41. The van der Waals surface area contributed by atoms with Gasteiger partial charge in [-0.25, -0.2) is 0 Å². The average molecular weight is 235 g/mol. The van der Waals surface area contributed by atoms with Gasteiger partial charge < -0.3 is 15.2 Å². The molecule has 0 unspecified atom stereocenters. The number of ether oxygens (including phenoxy) is 1. The molecule has 2 N–H and O–H groups in total. The number of hydrogen-bond donors (Lipinski definition) is 2. The molecule has 0 radical (unpaired) electrons. The minimum Gasteiger partial charge on any atom is -0.497 e. The van der Waals surface area contributed by atoms with Crippen LogP contribution in [0.3, 0.4) is 0 Å². The van der Waals surface area contributed by atoms with Crippen molar-refractivity contribution in [1.82, 2.24) is 5.32 Å². The summed E-state index contributed by atoms with van der Waals surface area (Å²) >= 11 is 0. The lowest BCUT2D eigenvalue weighted by Crippen LogP contribution is -2.36. The SMILES string of the molecule is COc1cccc(CCN[C@H]2CCC[C@@H]2O)c1. The Kier molecular flexibility index (Phi) is 4.40. The second-order valence-corrected chi connectivity index (χ2v) is 4.66. The second-order valence-electron chi connectivity index (χ2n) is 4.66. The van der Waals surface area contributed by atoms with Gasteiger partial charge in [0.1, 0.15) is 5.75 Å². The van der Waals surface area contributed by atoms with E-state index < -0.39 is 0 Å². The first kappa shape index (κ1) is 12.4. The summed E-state index contributed by atoms with van der Waals surface area (Å²) in [6.45, 7) is 0.912. The molecule has 1 aromatic carbocycles. The van der Waals surface area contributed by atoms with E-state index >= 15 is 0 Å².